The summed E-state index contributed by atoms with van der Waals surface area (Å²) in [6.45, 7) is 0. The molecule has 0 aliphatic heterocycles. The summed E-state index contributed by atoms with van der Waals surface area (Å²) in [4.78, 5) is 4.60. The molecule has 0 amide bonds. The maximum Gasteiger partial charge on any atom is 0.154 e. The summed E-state index contributed by atoms with van der Waals surface area (Å²) in [5.74, 6) is 3.02. The van der Waals surface area contributed by atoms with E-state index in [-0.39, 0.29) is 5.82 Å². The molecule has 5 nitrogen and oxygen atoms in total. The molecule has 154 valence electrons. The monoisotopic (exact) mass is 403 g/mol. The molecule has 0 saturated heterocycles. The van der Waals surface area contributed by atoms with Gasteiger partial charge in [0.2, 0.25) is 0 Å². The van der Waals surface area contributed by atoms with Crippen molar-refractivity contribution in [2.45, 2.75) is 38.0 Å². The molecule has 0 N–H and O–H groups in total. The molecule has 0 radical (unpaired) electrons. The Bertz CT molecular complexity index is 1040. The van der Waals surface area contributed by atoms with E-state index in [0.29, 0.717) is 17.8 Å². The van der Waals surface area contributed by atoms with Gasteiger partial charge in [0, 0.05) is 24.7 Å². The molecule has 5 rings (SSSR count). The molecule has 30 heavy (non-hydrogen) atoms. The number of nitrogens with zero attached hydrogens (tertiary/aromatic N) is 5. The van der Waals surface area contributed by atoms with E-state index in [9.17, 15) is 4.39 Å². The zero-order valence-corrected chi connectivity index (χ0v) is 17.2. The van der Waals surface area contributed by atoms with E-state index in [1.165, 1.54) is 44.2 Å². The van der Waals surface area contributed by atoms with E-state index in [4.69, 9.17) is 0 Å². The van der Waals surface area contributed by atoms with Gasteiger partial charge in [0.1, 0.15) is 5.82 Å². The van der Waals surface area contributed by atoms with E-state index < -0.39 is 0 Å². The smallest absolute Gasteiger partial charge is 0.154 e. The van der Waals surface area contributed by atoms with Gasteiger partial charge in [0.05, 0.1) is 5.69 Å². The summed E-state index contributed by atoms with van der Waals surface area (Å²) in [7, 11) is 1.94. The highest BCUT2D eigenvalue weighted by molar-refractivity contribution is 5.63. The van der Waals surface area contributed by atoms with Crippen LogP contribution in [0.1, 0.15) is 49.5 Å². The van der Waals surface area contributed by atoms with Gasteiger partial charge in [-0.25, -0.2) is 9.07 Å². The van der Waals surface area contributed by atoms with Gasteiger partial charge in [-0.2, -0.15) is 0 Å². The first-order valence-corrected chi connectivity index (χ1v) is 10.8. The van der Waals surface area contributed by atoms with Gasteiger partial charge in [0.25, 0.3) is 0 Å². The number of halogens is 1. The number of hydrogen-bond donors (Lipinski definition) is 0. The van der Waals surface area contributed by atoms with Crippen LogP contribution in [0.4, 0.5) is 4.39 Å². The van der Waals surface area contributed by atoms with E-state index in [0.717, 1.165) is 28.6 Å². The predicted molar refractivity (Wildman–Crippen MR) is 114 cm³/mol. The topological polar surface area (TPSA) is 56.5 Å². The Hall–Kier alpha value is -2.89. The molecule has 0 bridgehead atoms. The largest absolute Gasteiger partial charge is 0.256 e. The lowest BCUT2D eigenvalue weighted by molar-refractivity contribution is 0.249. The lowest BCUT2D eigenvalue weighted by Gasteiger charge is -2.28. The van der Waals surface area contributed by atoms with Gasteiger partial charge in [0.15, 0.2) is 5.82 Å². The Morgan fingerprint density at radius 1 is 1.10 bits per heavy atom. The number of hydrogen-bond acceptors (Lipinski definition) is 4. The van der Waals surface area contributed by atoms with E-state index in [1.54, 1.807) is 6.07 Å². The second-order valence-electron chi connectivity index (χ2n) is 8.63. The zero-order valence-electron chi connectivity index (χ0n) is 17.2. The highest BCUT2D eigenvalue weighted by Gasteiger charge is 2.45. The predicted octanol–water partition coefficient (Wildman–Crippen LogP) is 5.03. The summed E-state index contributed by atoms with van der Waals surface area (Å²) >= 11 is 0. The van der Waals surface area contributed by atoms with E-state index in [1.807, 2.05) is 36.1 Å². The number of fused-ring (bicyclic) bond motifs is 1. The maximum absolute atomic E-state index is 13.5. The quantitative estimate of drug-likeness (QED) is 0.613. The van der Waals surface area contributed by atoms with Crippen LogP contribution >= 0.6 is 0 Å². The Kier molecular flexibility index (Phi) is 5.15. The number of benzene rings is 1. The number of rotatable bonds is 4. The molecule has 4 atom stereocenters. The number of tetrazole rings is 1. The summed E-state index contributed by atoms with van der Waals surface area (Å²) in [6.07, 6.45) is 12.7. The van der Waals surface area contributed by atoms with Crippen LogP contribution in [-0.4, -0.2) is 25.2 Å². The van der Waals surface area contributed by atoms with Crippen LogP contribution in [0.2, 0.25) is 0 Å². The molecule has 6 heteroatoms. The number of pyridine rings is 1. The van der Waals surface area contributed by atoms with E-state index >= 15 is 0 Å². The number of aromatic nitrogens is 5. The first kappa shape index (κ1) is 19.1. The molecule has 2 aromatic heterocycles. The molecule has 2 heterocycles. The fourth-order valence-corrected chi connectivity index (χ4v) is 5.47. The van der Waals surface area contributed by atoms with Crippen molar-refractivity contribution in [3.05, 3.63) is 66.0 Å². The highest BCUT2D eigenvalue weighted by atomic mass is 19.1. The second kappa shape index (κ2) is 8.09. The van der Waals surface area contributed by atoms with Crippen molar-refractivity contribution in [3.63, 3.8) is 0 Å². The minimum Gasteiger partial charge on any atom is -0.256 e. The third-order valence-electron chi connectivity index (χ3n) is 6.90. The van der Waals surface area contributed by atoms with Crippen molar-refractivity contribution in [2.75, 3.05) is 0 Å². The molecule has 2 aliphatic rings. The maximum atomic E-state index is 13.5. The average Bonchev–Trinajstić information content (AvgIpc) is 3.35. The number of aryl methyl sites for hydroxylation is 1. The van der Waals surface area contributed by atoms with Crippen LogP contribution in [-0.2, 0) is 7.05 Å². The van der Waals surface area contributed by atoms with Crippen LogP contribution < -0.4 is 0 Å². The van der Waals surface area contributed by atoms with Crippen molar-refractivity contribution in [1.29, 1.82) is 0 Å². The van der Waals surface area contributed by atoms with Gasteiger partial charge in [-0.15, -0.1) is 5.10 Å². The summed E-state index contributed by atoms with van der Waals surface area (Å²) in [5, 5.41) is 12.3. The third kappa shape index (κ3) is 3.66. The standard InChI is InChI=1S/C24H26FN5/c1-30-24(27-28-29-30)23-14-17-5-2-3-8-21(17)22(23)12-11-20-10-9-18(15-26-20)16-6-4-7-19(25)13-16/h4,6-7,9-13,15,17,21-23H,2-3,5,8,14H2,1H3/t17-,21-,22+,23+/m1/s1. The lowest BCUT2D eigenvalue weighted by Crippen LogP contribution is -2.19. The van der Waals surface area contributed by atoms with Crippen LogP contribution in [0, 0.1) is 23.6 Å². The van der Waals surface area contributed by atoms with Crippen molar-refractivity contribution in [1.82, 2.24) is 25.2 Å². The number of allylic oxidation sites excluding steroid dienone is 1. The Morgan fingerprint density at radius 3 is 2.77 bits per heavy atom. The van der Waals surface area contributed by atoms with Crippen LogP contribution in [0.3, 0.4) is 0 Å². The minimum atomic E-state index is -0.232. The van der Waals surface area contributed by atoms with Gasteiger partial charge in [-0.3, -0.25) is 4.98 Å². The molecule has 1 aromatic carbocycles. The van der Waals surface area contributed by atoms with Gasteiger partial charge < -0.3 is 0 Å². The molecule has 2 fully saturated rings. The molecule has 0 unspecified atom stereocenters. The van der Waals surface area contributed by atoms with Crippen molar-refractivity contribution >= 4 is 6.08 Å². The summed E-state index contributed by atoms with van der Waals surface area (Å²) in [5.41, 5.74) is 2.68. The second-order valence-corrected chi connectivity index (χ2v) is 8.63. The van der Waals surface area contributed by atoms with Crippen LogP contribution in [0.25, 0.3) is 17.2 Å². The first-order chi connectivity index (χ1) is 14.7. The van der Waals surface area contributed by atoms with Crippen molar-refractivity contribution in [3.8, 4) is 11.1 Å². The molecular formula is C24H26FN5. The molecule has 2 saturated carbocycles. The van der Waals surface area contributed by atoms with Crippen molar-refractivity contribution < 1.29 is 4.39 Å². The fraction of sp³-hybridized carbons (Fsp3) is 0.417. The Labute approximate surface area is 176 Å². The average molecular weight is 404 g/mol. The lowest BCUT2D eigenvalue weighted by atomic mass is 9.77. The minimum absolute atomic E-state index is 0.232. The van der Waals surface area contributed by atoms with E-state index in [2.05, 4.69) is 32.7 Å². The Morgan fingerprint density at radius 2 is 2.00 bits per heavy atom. The SMILES string of the molecule is Cn1nnnc1[C@H]1C[C@H]2CCCC[C@H]2[C@@H]1C=Cc1ccc(-c2cccc(F)c2)cn1. The third-order valence-corrected chi connectivity index (χ3v) is 6.90. The first-order valence-electron chi connectivity index (χ1n) is 10.8. The van der Waals surface area contributed by atoms with Gasteiger partial charge in [-0.05, 0) is 70.9 Å². The Balaban J connectivity index is 1.39. The molecule has 2 aliphatic carbocycles. The summed E-state index contributed by atoms with van der Waals surface area (Å²) in [6, 6.07) is 10.6. The molecule has 3 aromatic rings. The molecular weight excluding hydrogens is 377 g/mol. The van der Waals surface area contributed by atoms with Crippen LogP contribution in [0.15, 0.2) is 48.7 Å². The molecule has 0 spiro atoms. The zero-order chi connectivity index (χ0) is 20.5. The normalized spacial score (nSPS) is 26.2. The summed E-state index contributed by atoms with van der Waals surface area (Å²) < 4.78 is 15.3. The fourth-order valence-electron chi connectivity index (χ4n) is 5.47. The highest BCUT2D eigenvalue weighted by Crippen LogP contribution is 2.53. The van der Waals surface area contributed by atoms with Gasteiger partial charge in [-0.1, -0.05) is 43.5 Å². The van der Waals surface area contributed by atoms with Gasteiger partial charge >= 0.3 is 0 Å². The van der Waals surface area contributed by atoms with Crippen molar-refractivity contribution in [2.24, 2.45) is 24.8 Å². The van der Waals surface area contributed by atoms with Crippen LogP contribution in [0.5, 0.6) is 0 Å².